The molecule has 6 heterocycles. The number of allylic oxidation sites excluding steroid dienone is 2. The van der Waals surface area contributed by atoms with Crippen molar-refractivity contribution in [2.75, 3.05) is 0 Å². The third kappa shape index (κ3) is 22.8. The zero-order valence-corrected chi connectivity index (χ0v) is 68.8. The van der Waals surface area contributed by atoms with Crippen LogP contribution in [0.5, 0.6) is 0 Å². The number of aryl methyl sites for hydroxylation is 1. The van der Waals surface area contributed by atoms with Crippen LogP contribution < -0.4 is 0 Å². The van der Waals surface area contributed by atoms with Crippen LogP contribution in [0.25, 0.3) is 101 Å². The summed E-state index contributed by atoms with van der Waals surface area (Å²) in [4.78, 5) is 38.9. The van der Waals surface area contributed by atoms with Crippen molar-refractivity contribution in [1.82, 2.24) is 29.9 Å². The monoisotopic (exact) mass is 2100 g/mol. The Morgan fingerprint density at radius 2 is 0.708 bits per heavy atom. The van der Waals surface area contributed by atoms with Gasteiger partial charge in [0.15, 0.2) is 5.78 Å². The molecule has 0 spiro atoms. The molecular formula is C94H76Ir2N6O2Pt2-2. The molecule has 0 unspecified atom stereocenters. The Balaban J connectivity index is 0.000000203. The number of nitrogens with zero attached hydrogens (tertiary/aromatic N) is 6. The molecule has 15 aromatic rings. The molecule has 15 rings (SSSR count). The van der Waals surface area contributed by atoms with Crippen LogP contribution in [0.3, 0.4) is 0 Å². The maximum atomic E-state index is 10.0. The van der Waals surface area contributed by atoms with Crippen LogP contribution in [0.1, 0.15) is 69.9 Å². The summed E-state index contributed by atoms with van der Waals surface area (Å²) in [5, 5.41) is 9.53. The van der Waals surface area contributed by atoms with Crippen molar-refractivity contribution in [3.05, 3.63) is 398 Å². The van der Waals surface area contributed by atoms with E-state index in [2.05, 4.69) is 221 Å². The minimum Gasteiger partial charge on any atom is -0.512 e. The van der Waals surface area contributed by atoms with E-state index in [0.717, 1.165) is 107 Å². The Morgan fingerprint density at radius 1 is 0.349 bits per heavy atom. The van der Waals surface area contributed by atoms with E-state index in [9.17, 15) is 4.79 Å². The molecule has 534 valence electrons. The number of aromatic nitrogens is 6. The Bertz CT molecular complexity index is 5000. The number of rotatable bonds is 13. The van der Waals surface area contributed by atoms with Crippen LogP contribution in [0.15, 0.2) is 333 Å². The normalized spacial score (nSPS) is 10.6. The molecule has 0 fully saturated rings. The Morgan fingerprint density at radius 3 is 1.05 bits per heavy atom. The van der Waals surface area contributed by atoms with E-state index in [1.54, 1.807) is 0 Å². The molecule has 1 N–H and O–H groups in total. The van der Waals surface area contributed by atoms with Gasteiger partial charge in [0.2, 0.25) is 0 Å². The first-order valence-electron chi connectivity index (χ1n) is 33.7. The molecule has 0 saturated heterocycles. The van der Waals surface area contributed by atoms with Crippen LogP contribution in [0.2, 0.25) is 0 Å². The summed E-state index contributed by atoms with van der Waals surface area (Å²) in [6.07, 6.45) is 2.98. The van der Waals surface area contributed by atoms with Gasteiger partial charge >= 0.3 is 42.1 Å². The van der Waals surface area contributed by atoms with E-state index in [1.165, 1.54) is 42.0 Å². The summed E-state index contributed by atoms with van der Waals surface area (Å²) in [5.41, 5.74) is 21.7. The number of aliphatic hydroxyl groups excluding tert-OH is 1. The SMILES string of the molecule is CC(=O)C=C(C)O.CC(C)(c1cccc(-c2[c-]cc(-c3ccccc3)cc2)n1)c1cccc(-c2[c-]cc(-c3ccccc3)cc2)n1.CC(C)(c1cccc(-c2[c-]cccc2)n1)c1cccc(-c2[c-]cccc2)n1.Cc1cccnc1-c1[c-]cccc1.[Ir].[Ir].[Pt+2].[Pt+2].[c-]1ccccc1-c1ccc2ccccc2n1. The molecule has 0 atom stereocenters. The average Bonchev–Trinajstić information content (AvgIpc) is 0.788. The number of carbonyl (C=O) groups is 1. The molecule has 2 radical (unpaired) electrons. The molecule has 6 aromatic heterocycles. The molecule has 106 heavy (non-hydrogen) atoms. The van der Waals surface area contributed by atoms with Gasteiger partial charge in [-0.3, -0.25) is 9.78 Å². The quantitative estimate of drug-likeness (QED) is 0.0690. The van der Waals surface area contributed by atoms with Gasteiger partial charge in [0, 0.05) is 86.1 Å². The fourth-order valence-electron chi connectivity index (χ4n) is 11.3. The first-order chi connectivity index (χ1) is 49.7. The topological polar surface area (TPSA) is 115 Å². The third-order valence-corrected chi connectivity index (χ3v) is 16.9. The predicted molar refractivity (Wildman–Crippen MR) is 415 cm³/mol. The second-order valence-electron chi connectivity index (χ2n) is 25.2. The summed E-state index contributed by atoms with van der Waals surface area (Å²) in [6.45, 7) is 13.6. The van der Waals surface area contributed by atoms with E-state index in [0.29, 0.717) is 0 Å². The summed E-state index contributed by atoms with van der Waals surface area (Å²) in [5.74, 6) is -0.0625. The molecule has 0 saturated carbocycles. The maximum absolute atomic E-state index is 10.0. The Kier molecular flexibility index (Phi) is 32.3. The second-order valence-corrected chi connectivity index (χ2v) is 25.2. The van der Waals surface area contributed by atoms with Crippen molar-refractivity contribution in [3.8, 4) is 89.8 Å². The molecule has 9 aromatic carbocycles. The summed E-state index contributed by atoms with van der Waals surface area (Å²) >= 11 is 0. The van der Waals surface area contributed by atoms with Crippen molar-refractivity contribution in [3.63, 3.8) is 0 Å². The van der Waals surface area contributed by atoms with E-state index >= 15 is 0 Å². The van der Waals surface area contributed by atoms with Crippen molar-refractivity contribution in [2.45, 2.75) is 59.3 Å². The molecule has 0 amide bonds. The van der Waals surface area contributed by atoms with Gasteiger partial charge in [-0.1, -0.05) is 173 Å². The van der Waals surface area contributed by atoms with Crippen molar-refractivity contribution >= 4 is 16.7 Å². The van der Waals surface area contributed by atoms with E-state index in [4.69, 9.17) is 25.0 Å². The van der Waals surface area contributed by atoms with E-state index in [1.807, 2.05) is 182 Å². The Labute approximate surface area is 680 Å². The van der Waals surface area contributed by atoms with Crippen LogP contribution in [0, 0.1) is 43.3 Å². The van der Waals surface area contributed by atoms with Gasteiger partial charge in [0.25, 0.3) is 0 Å². The number of hydrogen-bond donors (Lipinski definition) is 1. The number of pyridine rings is 6. The van der Waals surface area contributed by atoms with Crippen LogP contribution in [-0.2, 0) is 98.0 Å². The summed E-state index contributed by atoms with van der Waals surface area (Å²) < 4.78 is 0. The minimum absolute atomic E-state index is 0. The maximum Gasteiger partial charge on any atom is 2.00 e. The fourth-order valence-corrected chi connectivity index (χ4v) is 11.3. The number of benzene rings is 9. The van der Waals surface area contributed by atoms with Crippen LogP contribution in [0.4, 0.5) is 0 Å². The van der Waals surface area contributed by atoms with Gasteiger partial charge in [0.1, 0.15) is 0 Å². The van der Waals surface area contributed by atoms with Gasteiger partial charge in [0.05, 0.1) is 11.3 Å². The molecule has 0 aliphatic carbocycles. The Hall–Kier alpha value is -9.97. The van der Waals surface area contributed by atoms with Crippen LogP contribution in [-0.4, -0.2) is 40.8 Å². The van der Waals surface area contributed by atoms with Crippen LogP contribution >= 0.6 is 0 Å². The molecule has 0 aliphatic heterocycles. The number of hydrogen-bond acceptors (Lipinski definition) is 8. The molecule has 0 aliphatic rings. The van der Waals surface area contributed by atoms with Gasteiger partial charge in [-0.2, -0.15) is 0 Å². The number of carbonyl (C=O) groups excluding carboxylic acids is 1. The predicted octanol–water partition coefficient (Wildman–Crippen LogP) is 22.4. The van der Waals surface area contributed by atoms with Gasteiger partial charge < -0.3 is 30.0 Å². The van der Waals surface area contributed by atoms with Crippen molar-refractivity contribution in [2.24, 2.45) is 0 Å². The smallest absolute Gasteiger partial charge is 0.512 e. The van der Waals surface area contributed by atoms with Crippen molar-refractivity contribution in [1.29, 1.82) is 0 Å². The second kappa shape index (κ2) is 41.1. The van der Waals surface area contributed by atoms with Gasteiger partial charge in [-0.25, -0.2) is 0 Å². The van der Waals surface area contributed by atoms with E-state index in [-0.39, 0.29) is 105 Å². The number of fused-ring (bicyclic) bond motifs is 1. The first-order valence-corrected chi connectivity index (χ1v) is 33.7. The van der Waals surface area contributed by atoms with Crippen molar-refractivity contribution < 1.29 is 92.2 Å². The number of aliphatic hydroxyl groups is 1. The number of para-hydroxylation sites is 1. The third-order valence-electron chi connectivity index (χ3n) is 16.9. The zero-order chi connectivity index (χ0) is 71.1. The largest absolute Gasteiger partial charge is 2.00 e. The fraction of sp³-hybridized carbons (Fsp3) is 0.0957. The molecular weight excluding hydrogens is 2020 g/mol. The van der Waals surface area contributed by atoms with E-state index < -0.39 is 0 Å². The molecule has 0 bridgehead atoms. The summed E-state index contributed by atoms with van der Waals surface area (Å²) in [6, 6.07) is 126. The summed E-state index contributed by atoms with van der Waals surface area (Å²) in [7, 11) is 0. The van der Waals surface area contributed by atoms with Gasteiger partial charge in [-0.05, 0) is 124 Å². The standard InChI is InChI=1S/C37H28N2.C25H20N2.C15H10N.C12H10N.C5H8O2.2Ir.2Pt/c1-37(2,35-17-9-15-33(38-35)31-23-19-29(20-24-31)27-11-5-3-6-12-27)36-18-10-16-34(39-36)32-25-21-30(22-26-32)28-13-7-4-8-14-28;1-25(2,23-17-9-15-21(26-23)19-11-5-3-6-12-19)24-18-10-16-22(27-24)20-13-7-4-8-14-20;1-2-6-12(7-3-1)15-11-10-13-8-4-5-9-14(13)16-15;1-10-6-5-9-13-12(10)11-7-3-2-4-8-11;1-4(6)3-5(2)7;;;;/h3-23,25H,1-2H3;3-11,13,15-18H,1-2H3;1-6,8-11H;2-7,9H,1H3;3,6H,1-2H3;;;;/q2*-2;2*-1;;;;2*+2. The number of ketones is 1. The molecule has 12 heteroatoms. The molecule has 8 nitrogen and oxygen atoms in total. The minimum atomic E-state index is -0.389. The average molecular weight is 2100 g/mol. The first kappa shape index (κ1) is 83.3. The van der Waals surface area contributed by atoms with Gasteiger partial charge in [-0.15, -0.1) is 203 Å². The zero-order valence-electron chi connectivity index (χ0n) is 59.5.